The number of benzene rings is 1. The molecule has 0 spiro atoms. The van der Waals surface area contributed by atoms with Crippen molar-refractivity contribution in [2.24, 2.45) is 0 Å². The van der Waals surface area contributed by atoms with E-state index in [0.717, 1.165) is 5.56 Å². The molecule has 0 aliphatic carbocycles. The molecule has 1 aromatic rings. The number of ether oxygens (including phenoxy) is 2. The second-order valence-corrected chi connectivity index (χ2v) is 3.29. The molecule has 90 valence electrons. The third-order valence-corrected chi connectivity index (χ3v) is 2.21. The number of hydrogen-bond acceptors (Lipinski definition) is 4. The van der Waals surface area contributed by atoms with Gasteiger partial charge in [0.15, 0.2) is 0 Å². The maximum Gasteiger partial charge on any atom is 0.225 e. The van der Waals surface area contributed by atoms with Gasteiger partial charge in [-0.15, -0.1) is 0 Å². The SMILES string of the molecule is COc1ccc(CC(=O)NCC#N)c(OC)c1. The fraction of sp³-hybridized carbons (Fsp3) is 0.333. The highest BCUT2D eigenvalue weighted by Crippen LogP contribution is 2.24. The van der Waals surface area contributed by atoms with E-state index >= 15 is 0 Å². The number of amides is 1. The first-order chi connectivity index (χ1) is 8.21. The number of hydrogen-bond donors (Lipinski definition) is 1. The Balaban J connectivity index is 2.77. The van der Waals surface area contributed by atoms with E-state index in [1.165, 1.54) is 7.11 Å². The van der Waals surface area contributed by atoms with Gasteiger partial charge in [0.05, 0.1) is 26.7 Å². The van der Waals surface area contributed by atoms with Gasteiger partial charge in [-0.25, -0.2) is 0 Å². The van der Waals surface area contributed by atoms with Gasteiger partial charge in [0.25, 0.3) is 0 Å². The van der Waals surface area contributed by atoms with Gasteiger partial charge in [0, 0.05) is 11.6 Å². The number of rotatable bonds is 5. The van der Waals surface area contributed by atoms with Gasteiger partial charge in [0.2, 0.25) is 5.91 Å². The van der Waals surface area contributed by atoms with Crippen LogP contribution in [0, 0.1) is 11.3 Å². The van der Waals surface area contributed by atoms with Gasteiger partial charge in [-0.3, -0.25) is 4.79 Å². The molecule has 0 aliphatic rings. The van der Waals surface area contributed by atoms with E-state index in [-0.39, 0.29) is 18.9 Å². The summed E-state index contributed by atoms with van der Waals surface area (Å²) in [5, 5.41) is 10.8. The zero-order valence-corrected chi connectivity index (χ0v) is 9.82. The minimum absolute atomic E-state index is 0.0112. The Morgan fingerprint density at radius 2 is 2.18 bits per heavy atom. The van der Waals surface area contributed by atoms with E-state index in [4.69, 9.17) is 14.7 Å². The molecule has 1 amide bonds. The lowest BCUT2D eigenvalue weighted by molar-refractivity contribution is -0.120. The number of nitriles is 1. The van der Waals surface area contributed by atoms with Crippen molar-refractivity contribution >= 4 is 5.91 Å². The zero-order chi connectivity index (χ0) is 12.7. The summed E-state index contributed by atoms with van der Waals surface area (Å²) in [7, 11) is 3.10. The Labute approximate surface area is 100.0 Å². The quantitative estimate of drug-likeness (QED) is 0.768. The molecule has 1 rings (SSSR count). The number of nitrogens with zero attached hydrogens (tertiary/aromatic N) is 1. The molecule has 1 aromatic carbocycles. The van der Waals surface area contributed by atoms with Crippen LogP contribution in [-0.2, 0) is 11.2 Å². The molecule has 17 heavy (non-hydrogen) atoms. The molecular weight excluding hydrogens is 220 g/mol. The van der Waals surface area contributed by atoms with Crippen molar-refractivity contribution in [2.75, 3.05) is 20.8 Å². The van der Waals surface area contributed by atoms with E-state index in [2.05, 4.69) is 5.32 Å². The Hall–Kier alpha value is -2.22. The lowest BCUT2D eigenvalue weighted by Gasteiger charge is -2.09. The normalized spacial score (nSPS) is 9.24. The molecule has 5 nitrogen and oxygen atoms in total. The van der Waals surface area contributed by atoms with Crippen molar-refractivity contribution in [3.63, 3.8) is 0 Å². The second-order valence-electron chi connectivity index (χ2n) is 3.29. The van der Waals surface area contributed by atoms with Crippen LogP contribution in [0.5, 0.6) is 11.5 Å². The van der Waals surface area contributed by atoms with Gasteiger partial charge in [0.1, 0.15) is 18.0 Å². The number of carbonyl (C=O) groups is 1. The van der Waals surface area contributed by atoms with Crippen molar-refractivity contribution in [1.82, 2.24) is 5.32 Å². The molecule has 0 fully saturated rings. The summed E-state index contributed by atoms with van der Waals surface area (Å²) in [4.78, 5) is 11.4. The first kappa shape index (κ1) is 12.8. The number of methoxy groups -OCH3 is 2. The molecule has 5 heteroatoms. The topological polar surface area (TPSA) is 71.3 Å². The predicted octanol–water partition coefficient (Wildman–Crippen LogP) is 0.886. The van der Waals surface area contributed by atoms with Crippen LogP contribution in [0.3, 0.4) is 0 Å². The lowest BCUT2D eigenvalue weighted by atomic mass is 10.1. The summed E-state index contributed by atoms with van der Waals surface area (Å²) in [6.45, 7) is 0.0112. The van der Waals surface area contributed by atoms with Crippen LogP contribution in [-0.4, -0.2) is 26.7 Å². The third-order valence-electron chi connectivity index (χ3n) is 2.21. The van der Waals surface area contributed by atoms with Crippen LogP contribution in [0.1, 0.15) is 5.56 Å². The maximum atomic E-state index is 11.4. The highest BCUT2D eigenvalue weighted by Gasteiger charge is 2.09. The molecule has 0 unspecified atom stereocenters. The Kier molecular flexibility index (Phi) is 4.82. The molecule has 1 N–H and O–H groups in total. The molecule has 0 heterocycles. The molecule has 0 radical (unpaired) electrons. The second kappa shape index (κ2) is 6.38. The maximum absolute atomic E-state index is 11.4. The lowest BCUT2D eigenvalue weighted by Crippen LogP contribution is -2.25. The largest absolute Gasteiger partial charge is 0.497 e. The molecule has 0 aliphatic heterocycles. The van der Waals surface area contributed by atoms with Crippen molar-refractivity contribution < 1.29 is 14.3 Å². The van der Waals surface area contributed by atoms with Crippen LogP contribution in [0.2, 0.25) is 0 Å². The third kappa shape index (κ3) is 3.68. The fourth-order valence-electron chi connectivity index (χ4n) is 1.37. The average Bonchev–Trinajstić information content (AvgIpc) is 2.36. The molecule has 0 aromatic heterocycles. The van der Waals surface area contributed by atoms with Crippen molar-refractivity contribution in [1.29, 1.82) is 5.26 Å². The Morgan fingerprint density at radius 3 is 2.76 bits per heavy atom. The summed E-state index contributed by atoms with van der Waals surface area (Å²) in [6.07, 6.45) is 0.175. The Morgan fingerprint density at radius 1 is 1.41 bits per heavy atom. The molecule has 0 bridgehead atoms. The van der Waals surface area contributed by atoms with E-state index in [1.54, 1.807) is 25.3 Å². The van der Waals surface area contributed by atoms with Gasteiger partial charge in [-0.1, -0.05) is 6.07 Å². The Bertz CT molecular complexity index is 438. The van der Waals surface area contributed by atoms with Crippen LogP contribution >= 0.6 is 0 Å². The first-order valence-corrected chi connectivity index (χ1v) is 5.05. The fourth-order valence-corrected chi connectivity index (χ4v) is 1.37. The summed E-state index contributed by atoms with van der Waals surface area (Å²) >= 11 is 0. The molecule has 0 saturated heterocycles. The zero-order valence-electron chi connectivity index (χ0n) is 9.82. The van der Waals surface area contributed by atoms with E-state index in [1.807, 2.05) is 6.07 Å². The molecular formula is C12H14N2O3. The highest BCUT2D eigenvalue weighted by atomic mass is 16.5. The van der Waals surface area contributed by atoms with Gasteiger partial charge < -0.3 is 14.8 Å². The van der Waals surface area contributed by atoms with Crippen LogP contribution < -0.4 is 14.8 Å². The summed E-state index contributed by atoms with van der Waals surface area (Å²) in [5.74, 6) is 1.05. The van der Waals surface area contributed by atoms with Gasteiger partial charge in [-0.05, 0) is 6.07 Å². The monoisotopic (exact) mass is 234 g/mol. The van der Waals surface area contributed by atoms with E-state index < -0.39 is 0 Å². The summed E-state index contributed by atoms with van der Waals surface area (Å²) < 4.78 is 10.2. The van der Waals surface area contributed by atoms with Gasteiger partial charge in [-0.2, -0.15) is 5.26 Å². The first-order valence-electron chi connectivity index (χ1n) is 5.05. The minimum atomic E-state index is -0.213. The minimum Gasteiger partial charge on any atom is -0.497 e. The summed E-state index contributed by atoms with van der Waals surface area (Å²) in [6, 6.07) is 7.09. The van der Waals surface area contributed by atoms with Crippen molar-refractivity contribution in [3.8, 4) is 17.6 Å². The predicted molar refractivity (Wildman–Crippen MR) is 61.9 cm³/mol. The highest BCUT2D eigenvalue weighted by molar-refractivity contribution is 5.79. The smallest absolute Gasteiger partial charge is 0.225 e. The molecule has 0 atom stereocenters. The van der Waals surface area contributed by atoms with Crippen LogP contribution in [0.25, 0.3) is 0 Å². The number of carbonyl (C=O) groups excluding carboxylic acids is 1. The van der Waals surface area contributed by atoms with Crippen molar-refractivity contribution in [3.05, 3.63) is 23.8 Å². The average molecular weight is 234 g/mol. The van der Waals surface area contributed by atoms with Crippen LogP contribution in [0.4, 0.5) is 0 Å². The molecule has 0 saturated carbocycles. The summed E-state index contributed by atoms with van der Waals surface area (Å²) in [5.41, 5.74) is 0.753. The van der Waals surface area contributed by atoms with Gasteiger partial charge >= 0.3 is 0 Å². The van der Waals surface area contributed by atoms with E-state index in [0.29, 0.717) is 11.5 Å². The standard InChI is InChI=1S/C12H14N2O3/c1-16-10-4-3-9(11(8-10)17-2)7-12(15)14-6-5-13/h3-4,8H,6-7H2,1-2H3,(H,14,15). The van der Waals surface area contributed by atoms with Crippen LogP contribution in [0.15, 0.2) is 18.2 Å². The van der Waals surface area contributed by atoms with E-state index in [9.17, 15) is 4.79 Å². The van der Waals surface area contributed by atoms with Crippen molar-refractivity contribution in [2.45, 2.75) is 6.42 Å². The number of nitrogens with one attached hydrogen (secondary N) is 1.